The van der Waals surface area contributed by atoms with Crippen LogP contribution >= 0.6 is 22.6 Å². The second-order valence-electron chi connectivity index (χ2n) is 2.36. The van der Waals surface area contributed by atoms with Crippen LogP contribution in [0.2, 0.25) is 0 Å². The highest BCUT2D eigenvalue weighted by Crippen LogP contribution is 2.16. The van der Waals surface area contributed by atoms with Crippen LogP contribution in [0.15, 0.2) is 24.3 Å². The topological polar surface area (TPSA) is 29.5 Å². The van der Waals surface area contributed by atoms with Crippen LogP contribution < -0.4 is 0 Å². The zero-order valence-electron chi connectivity index (χ0n) is 6.83. The van der Waals surface area contributed by atoms with Crippen LogP contribution in [0, 0.1) is 3.57 Å². The van der Waals surface area contributed by atoms with Gasteiger partial charge in [0.2, 0.25) is 0 Å². The Labute approximate surface area is 85.7 Å². The lowest BCUT2D eigenvalue weighted by molar-refractivity contribution is -0.0980. The van der Waals surface area contributed by atoms with Crippen molar-refractivity contribution in [3.05, 3.63) is 33.4 Å². The van der Waals surface area contributed by atoms with Gasteiger partial charge in [0, 0.05) is 15.7 Å². The molecule has 0 spiro atoms. The van der Waals surface area contributed by atoms with Crippen LogP contribution in [0.25, 0.3) is 0 Å². The van der Waals surface area contributed by atoms with Crippen LogP contribution in [-0.4, -0.2) is 11.7 Å². The monoisotopic (exact) mass is 278 g/mol. The summed E-state index contributed by atoms with van der Waals surface area (Å²) in [6.07, 6.45) is -0.787. The SMILES string of the molecule is CCOC(O)c1cccc(I)c1. The molecule has 0 aliphatic heterocycles. The molecule has 0 radical (unpaired) electrons. The van der Waals surface area contributed by atoms with Crippen molar-refractivity contribution in [3.63, 3.8) is 0 Å². The first kappa shape index (κ1) is 9.95. The molecule has 0 aliphatic carbocycles. The van der Waals surface area contributed by atoms with Gasteiger partial charge in [-0.05, 0) is 41.6 Å². The summed E-state index contributed by atoms with van der Waals surface area (Å²) in [4.78, 5) is 0. The fraction of sp³-hybridized carbons (Fsp3) is 0.333. The first-order chi connectivity index (χ1) is 5.74. The van der Waals surface area contributed by atoms with Gasteiger partial charge in [0.05, 0.1) is 0 Å². The second kappa shape index (κ2) is 4.79. The van der Waals surface area contributed by atoms with Gasteiger partial charge < -0.3 is 9.84 Å². The molecule has 0 aromatic heterocycles. The molecule has 1 aromatic rings. The number of benzene rings is 1. The standard InChI is InChI=1S/C9H11IO2/c1-2-12-9(11)7-4-3-5-8(10)6-7/h3-6,9,11H,2H2,1H3. The van der Waals surface area contributed by atoms with Gasteiger partial charge >= 0.3 is 0 Å². The first-order valence-electron chi connectivity index (χ1n) is 3.79. The van der Waals surface area contributed by atoms with Gasteiger partial charge in [-0.1, -0.05) is 12.1 Å². The molecule has 0 saturated heterocycles. The van der Waals surface area contributed by atoms with Crippen LogP contribution in [0.3, 0.4) is 0 Å². The Hall–Kier alpha value is -0.130. The predicted molar refractivity (Wildman–Crippen MR) is 55.7 cm³/mol. The van der Waals surface area contributed by atoms with Gasteiger partial charge in [0.25, 0.3) is 0 Å². The molecule has 0 aliphatic rings. The Morgan fingerprint density at radius 1 is 1.58 bits per heavy atom. The fourth-order valence-electron chi connectivity index (χ4n) is 0.914. The molecule has 0 amide bonds. The van der Waals surface area contributed by atoms with Crippen molar-refractivity contribution in [1.82, 2.24) is 0 Å². The summed E-state index contributed by atoms with van der Waals surface area (Å²) in [5.41, 5.74) is 0.809. The van der Waals surface area contributed by atoms with E-state index in [2.05, 4.69) is 22.6 Å². The number of hydrogen-bond acceptors (Lipinski definition) is 2. The number of hydrogen-bond donors (Lipinski definition) is 1. The van der Waals surface area contributed by atoms with E-state index in [1.807, 2.05) is 31.2 Å². The zero-order valence-corrected chi connectivity index (χ0v) is 8.98. The molecule has 0 fully saturated rings. The minimum atomic E-state index is -0.787. The van der Waals surface area contributed by atoms with Crippen molar-refractivity contribution in [2.45, 2.75) is 13.2 Å². The lowest BCUT2D eigenvalue weighted by Gasteiger charge is -2.10. The van der Waals surface area contributed by atoms with Crippen LogP contribution in [0.4, 0.5) is 0 Å². The maximum atomic E-state index is 9.42. The molecule has 66 valence electrons. The average molecular weight is 278 g/mol. The Morgan fingerprint density at radius 2 is 2.33 bits per heavy atom. The van der Waals surface area contributed by atoms with E-state index in [0.717, 1.165) is 9.13 Å². The summed E-state index contributed by atoms with van der Waals surface area (Å²) in [6, 6.07) is 7.63. The molecular weight excluding hydrogens is 267 g/mol. The van der Waals surface area contributed by atoms with Crippen molar-refractivity contribution in [3.8, 4) is 0 Å². The first-order valence-corrected chi connectivity index (χ1v) is 4.87. The van der Waals surface area contributed by atoms with Crippen molar-refractivity contribution in [2.24, 2.45) is 0 Å². The molecule has 0 heterocycles. The second-order valence-corrected chi connectivity index (χ2v) is 3.61. The summed E-state index contributed by atoms with van der Waals surface area (Å²) in [5.74, 6) is 0. The number of aliphatic hydroxyl groups excluding tert-OH is 1. The summed E-state index contributed by atoms with van der Waals surface area (Å²) in [5, 5.41) is 9.42. The van der Waals surface area contributed by atoms with Crippen molar-refractivity contribution >= 4 is 22.6 Å². The van der Waals surface area contributed by atoms with Gasteiger partial charge in [0.1, 0.15) is 0 Å². The third kappa shape index (κ3) is 2.73. The fourth-order valence-corrected chi connectivity index (χ4v) is 1.48. The summed E-state index contributed by atoms with van der Waals surface area (Å²) >= 11 is 2.20. The molecule has 3 heteroatoms. The van der Waals surface area contributed by atoms with E-state index >= 15 is 0 Å². The molecule has 1 aromatic carbocycles. The number of aliphatic hydroxyl groups is 1. The summed E-state index contributed by atoms with van der Waals surface area (Å²) in [6.45, 7) is 2.38. The Balaban J connectivity index is 2.73. The Bertz CT molecular complexity index is 250. The highest BCUT2D eigenvalue weighted by atomic mass is 127. The average Bonchev–Trinajstić information content (AvgIpc) is 2.05. The van der Waals surface area contributed by atoms with E-state index in [4.69, 9.17) is 4.74 Å². The van der Waals surface area contributed by atoms with Gasteiger partial charge in [-0.2, -0.15) is 0 Å². The maximum absolute atomic E-state index is 9.42. The van der Waals surface area contributed by atoms with Crippen molar-refractivity contribution in [1.29, 1.82) is 0 Å². The predicted octanol–water partition coefficient (Wildman–Crippen LogP) is 2.32. The largest absolute Gasteiger partial charge is 0.364 e. The molecule has 1 N–H and O–H groups in total. The normalized spacial score (nSPS) is 12.9. The molecule has 1 rings (SSSR count). The molecular formula is C9H11IO2. The maximum Gasteiger partial charge on any atom is 0.181 e. The zero-order chi connectivity index (χ0) is 8.97. The van der Waals surface area contributed by atoms with Gasteiger partial charge in [-0.3, -0.25) is 0 Å². The third-order valence-electron chi connectivity index (χ3n) is 1.46. The van der Waals surface area contributed by atoms with Gasteiger partial charge in [-0.25, -0.2) is 0 Å². The minimum absolute atomic E-state index is 0.520. The molecule has 1 atom stereocenters. The molecule has 12 heavy (non-hydrogen) atoms. The minimum Gasteiger partial charge on any atom is -0.364 e. The lowest BCUT2D eigenvalue weighted by atomic mass is 10.2. The van der Waals surface area contributed by atoms with Gasteiger partial charge in [0.15, 0.2) is 6.29 Å². The van der Waals surface area contributed by atoms with Gasteiger partial charge in [-0.15, -0.1) is 0 Å². The molecule has 1 unspecified atom stereocenters. The van der Waals surface area contributed by atoms with Crippen LogP contribution in [-0.2, 0) is 4.74 Å². The number of halogens is 1. The Morgan fingerprint density at radius 3 is 2.92 bits per heavy atom. The van der Waals surface area contributed by atoms with E-state index < -0.39 is 6.29 Å². The smallest absolute Gasteiger partial charge is 0.181 e. The van der Waals surface area contributed by atoms with Crippen molar-refractivity contribution in [2.75, 3.05) is 6.61 Å². The van der Waals surface area contributed by atoms with E-state index in [9.17, 15) is 5.11 Å². The quantitative estimate of drug-likeness (QED) is 0.679. The van der Waals surface area contributed by atoms with E-state index in [1.165, 1.54) is 0 Å². The van der Waals surface area contributed by atoms with E-state index in [1.54, 1.807) is 0 Å². The van der Waals surface area contributed by atoms with Crippen molar-refractivity contribution < 1.29 is 9.84 Å². The number of rotatable bonds is 3. The summed E-state index contributed by atoms with van der Waals surface area (Å²) in [7, 11) is 0. The molecule has 0 saturated carbocycles. The highest BCUT2D eigenvalue weighted by molar-refractivity contribution is 14.1. The van der Waals surface area contributed by atoms with Crippen LogP contribution in [0.1, 0.15) is 18.8 Å². The lowest BCUT2D eigenvalue weighted by Crippen LogP contribution is -2.02. The van der Waals surface area contributed by atoms with Crippen LogP contribution in [0.5, 0.6) is 0 Å². The molecule has 2 nitrogen and oxygen atoms in total. The highest BCUT2D eigenvalue weighted by Gasteiger charge is 2.05. The number of ether oxygens (including phenoxy) is 1. The van der Waals surface area contributed by atoms with E-state index in [0.29, 0.717) is 6.61 Å². The third-order valence-corrected chi connectivity index (χ3v) is 2.13. The molecule has 0 bridgehead atoms. The van der Waals surface area contributed by atoms with E-state index in [-0.39, 0.29) is 0 Å². The Kier molecular flexibility index (Phi) is 3.97. The summed E-state index contributed by atoms with van der Waals surface area (Å²) < 4.78 is 6.14.